The van der Waals surface area contributed by atoms with Gasteiger partial charge in [-0.2, -0.15) is 0 Å². The summed E-state index contributed by atoms with van der Waals surface area (Å²) in [5.41, 5.74) is 1.89. The van der Waals surface area contributed by atoms with Crippen LogP contribution in [-0.2, 0) is 6.54 Å². The number of halogens is 2. The Morgan fingerprint density at radius 3 is 2.41 bits per heavy atom. The number of rotatable bonds is 4. The van der Waals surface area contributed by atoms with Crippen LogP contribution in [0.2, 0.25) is 5.02 Å². The minimum absolute atomic E-state index is 0.175. The minimum Gasteiger partial charge on any atom is -0.380 e. The van der Waals surface area contributed by atoms with Gasteiger partial charge in [-0.3, -0.25) is 4.90 Å². The molecular weight excluding hydrogens is 299 g/mol. The van der Waals surface area contributed by atoms with E-state index in [4.69, 9.17) is 11.6 Å². The van der Waals surface area contributed by atoms with Gasteiger partial charge in [0.05, 0.1) is 5.69 Å². The van der Waals surface area contributed by atoms with E-state index >= 15 is 0 Å². The lowest BCUT2D eigenvalue weighted by Gasteiger charge is -2.33. The number of nitrogens with zero attached hydrogens (tertiary/aromatic N) is 1. The Balaban J connectivity index is 1.50. The van der Waals surface area contributed by atoms with Crippen molar-refractivity contribution in [2.45, 2.75) is 25.4 Å². The van der Waals surface area contributed by atoms with Crippen molar-refractivity contribution in [3.63, 3.8) is 0 Å². The summed E-state index contributed by atoms with van der Waals surface area (Å²) in [5.74, 6) is -0.175. The van der Waals surface area contributed by atoms with E-state index in [-0.39, 0.29) is 5.82 Å². The van der Waals surface area contributed by atoms with Gasteiger partial charge >= 0.3 is 0 Å². The number of piperidine rings is 1. The fourth-order valence-electron chi connectivity index (χ4n) is 2.88. The monoisotopic (exact) mass is 318 g/mol. The standard InChI is InChI=1S/C18H20ClFN2/c19-15-7-5-14(6-8-15)13-22-11-9-16(10-12-22)21-18-4-2-1-3-17(18)20/h1-8,16,21H,9-13H2. The first-order chi connectivity index (χ1) is 10.7. The second-order valence-corrected chi connectivity index (χ2v) is 6.24. The Hall–Kier alpha value is -1.58. The predicted molar refractivity (Wildman–Crippen MR) is 89.8 cm³/mol. The molecule has 0 radical (unpaired) electrons. The van der Waals surface area contributed by atoms with E-state index < -0.39 is 0 Å². The van der Waals surface area contributed by atoms with E-state index in [2.05, 4.69) is 22.3 Å². The Bertz CT molecular complexity index is 607. The first-order valence-corrected chi connectivity index (χ1v) is 8.06. The lowest BCUT2D eigenvalue weighted by Crippen LogP contribution is -2.38. The molecule has 2 nitrogen and oxygen atoms in total. The van der Waals surface area contributed by atoms with E-state index in [1.807, 2.05) is 18.2 Å². The fraction of sp³-hybridized carbons (Fsp3) is 0.333. The maximum Gasteiger partial charge on any atom is 0.146 e. The molecule has 0 saturated carbocycles. The molecule has 1 aliphatic rings. The van der Waals surface area contributed by atoms with Crippen LogP contribution in [0.4, 0.5) is 10.1 Å². The predicted octanol–water partition coefficient (Wildman–Crippen LogP) is 4.56. The van der Waals surface area contributed by atoms with Gasteiger partial charge in [-0.1, -0.05) is 35.9 Å². The number of para-hydroxylation sites is 1. The molecule has 3 rings (SSSR count). The van der Waals surface area contributed by atoms with Crippen molar-refractivity contribution in [2.75, 3.05) is 18.4 Å². The Labute approximate surface area is 135 Å². The van der Waals surface area contributed by atoms with Gasteiger partial charge in [-0.05, 0) is 42.7 Å². The van der Waals surface area contributed by atoms with Crippen molar-refractivity contribution in [1.29, 1.82) is 0 Å². The Morgan fingerprint density at radius 2 is 1.73 bits per heavy atom. The van der Waals surface area contributed by atoms with E-state index in [1.165, 1.54) is 11.6 Å². The zero-order chi connectivity index (χ0) is 15.4. The summed E-state index contributed by atoms with van der Waals surface area (Å²) in [5, 5.41) is 4.10. The zero-order valence-electron chi connectivity index (χ0n) is 12.4. The third-order valence-electron chi connectivity index (χ3n) is 4.14. The summed E-state index contributed by atoms with van der Waals surface area (Å²) < 4.78 is 13.7. The molecule has 0 atom stereocenters. The van der Waals surface area contributed by atoms with Gasteiger partial charge in [0, 0.05) is 30.7 Å². The number of anilines is 1. The van der Waals surface area contributed by atoms with Crippen LogP contribution in [0, 0.1) is 5.82 Å². The highest BCUT2D eigenvalue weighted by Crippen LogP contribution is 2.20. The van der Waals surface area contributed by atoms with Crippen LogP contribution in [0.25, 0.3) is 0 Å². The summed E-state index contributed by atoms with van der Waals surface area (Å²) in [6.07, 6.45) is 2.06. The highest BCUT2D eigenvalue weighted by molar-refractivity contribution is 6.30. The van der Waals surface area contributed by atoms with Crippen LogP contribution >= 0.6 is 11.6 Å². The van der Waals surface area contributed by atoms with E-state index in [1.54, 1.807) is 12.1 Å². The highest BCUT2D eigenvalue weighted by atomic mass is 35.5. The van der Waals surface area contributed by atoms with Crippen LogP contribution < -0.4 is 5.32 Å². The van der Waals surface area contributed by atoms with Crippen LogP contribution in [0.3, 0.4) is 0 Å². The second-order valence-electron chi connectivity index (χ2n) is 5.80. The SMILES string of the molecule is Fc1ccccc1NC1CCN(Cc2ccc(Cl)cc2)CC1. The maximum absolute atomic E-state index is 13.7. The maximum atomic E-state index is 13.7. The molecule has 0 aliphatic carbocycles. The van der Waals surface area contributed by atoms with Crippen molar-refractivity contribution in [3.8, 4) is 0 Å². The summed E-state index contributed by atoms with van der Waals surface area (Å²) in [4.78, 5) is 2.43. The molecule has 1 saturated heterocycles. The summed E-state index contributed by atoms with van der Waals surface area (Å²) >= 11 is 5.91. The number of benzene rings is 2. The number of hydrogen-bond acceptors (Lipinski definition) is 2. The summed E-state index contributed by atoms with van der Waals surface area (Å²) in [7, 11) is 0. The molecule has 1 heterocycles. The quantitative estimate of drug-likeness (QED) is 0.889. The van der Waals surface area contributed by atoms with Gasteiger partial charge in [-0.25, -0.2) is 4.39 Å². The van der Waals surface area contributed by atoms with Gasteiger partial charge < -0.3 is 5.32 Å². The third kappa shape index (κ3) is 3.99. The Kier molecular flexibility index (Phi) is 4.96. The molecule has 0 unspecified atom stereocenters. The number of nitrogens with one attached hydrogen (secondary N) is 1. The van der Waals surface area contributed by atoms with Crippen molar-refractivity contribution >= 4 is 17.3 Å². The van der Waals surface area contributed by atoms with Gasteiger partial charge in [0.1, 0.15) is 5.82 Å². The zero-order valence-corrected chi connectivity index (χ0v) is 13.2. The van der Waals surface area contributed by atoms with Gasteiger partial charge in [0.15, 0.2) is 0 Å². The Morgan fingerprint density at radius 1 is 1.05 bits per heavy atom. The number of likely N-dealkylation sites (tertiary alicyclic amines) is 1. The van der Waals surface area contributed by atoms with E-state index in [9.17, 15) is 4.39 Å². The molecule has 22 heavy (non-hydrogen) atoms. The first-order valence-electron chi connectivity index (χ1n) is 7.68. The van der Waals surface area contributed by atoms with Crippen molar-refractivity contribution in [1.82, 2.24) is 4.90 Å². The van der Waals surface area contributed by atoms with Crippen LogP contribution in [0.5, 0.6) is 0 Å². The molecule has 0 spiro atoms. The molecule has 1 N–H and O–H groups in total. The summed E-state index contributed by atoms with van der Waals surface area (Å²) in [6, 6.07) is 15.2. The average molecular weight is 319 g/mol. The lowest BCUT2D eigenvalue weighted by atomic mass is 10.0. The molecular formula is C18H20ClFN2. The molecule has 4 heteroatoms. The summed E-state index contributed by atoms with van der Waals surface area (Å²) in [6.45, 7) is 2.99. The molecule has 1 aliphatic heterocycles. The fourth-order valence-corrected chi connectivity index (χ4v) is 3.01. The molecule has 2 aromatic carbocycles. The molecule has 0 bridgehead atoms. The second kappa shape index (κ2) is 7.12. The third-order valence-corrected chi connectivity index (χ3v) is 4.39. The molecule has 0 amide bonds. The number of hydrogen-bond donors (Lipinski definition) is 1. The topological polar surface area (TPSA) is 15.3 Å². The van der Waals surface area contributed by atoms with Crippen molar-refractivity contribution in [3.05, 3.63) is 64.9 Å². The van der Waals surface area contributed by atoms with Crippen LogP contribution in [0.1, 0.15) is 18.4 Å². The van der Waals surface area contributed by atoms with Gasteiger partial charge in [-0.15, -0.1) is 0 Å². The van der Waals surface area contributed by atoms with Crippen LogP contribution in [-0.4, -0.2) is 24.0 Å². The van der Waals surface area contributed by atoms with Crippen molar-refractivity contribution in [2.24, 2.45) is 0 Å². The van der Waals surface area contributed by atoms with Crippen molar-refractivity contribution < 1.29 is 4.39 Å². The molecule has 116 valence electrons. The smallest absolute Gasteiger partial charge is 0.146 e. The van der Waals surface area contributed by atoms with Gasteiger partial charge in [0.25, 0.3) is 0 Å². The minimum atomic E-state index is -0.175. The van der Waals surface area contributed by atoms with Crippen LogP contribution in [0.15, 0.2) is 48.5 Å². The van der Waals surface area contributed by atoms with Gasteiger partial charge in [0.2, 0.25) is 0 Å². The van der Waals surface area contributed by atoms with E-state index in [0.29, 0.717) is 11.7 Å². The normalized spacial score (nSPS) is 16.6. The molecule has 2 aromatic rings. The average Bonchev–Trinajstić information content (AvgIpc) is 2.54. The lowest BCUT2D eigenvalue weighted by molar-refractivity contribution is 0.211. The first kappa shape index (κ1) is 15.3. The largest absolute Gasteiger partial charge is 0.380 e. The highest BCUT2D eigenvalue weighted by Gasteiger charge is 2.19. The molecule has 1 fully saturated rings. The molecule has 0 aromatic heterocycles. The van der Waals surface area contributed by atoms with E-state index in [0.717, 1.165) is 37.5 Å².